The van der Waals surface area contributed by atoms with Crippen LogP contribution in [0.1, 0.15) is 39.2 Å². The first-order valence-electron chi connectivity index (χ1n) is 15.6. The molecule has 2 amide bonds. The van der Waals surface area contributed by atoms with Crippen LogP contribution in [0.25, 0.3) is 0 Å². The topological polar surface area (TPSA) is 173 Å². The van der Waals surface area contributed by atoms with Gasteiger partial charge in [-0.1, -0.05) is 44.2 Å². The van der Waals surface area contributed by atoms with Gasteiger partial charge in [0.1, 0.15) is 6.10 Å². The molecule has 2 fully saturated rings. The summed E-state index contributed by atoms with van der Waals surface area (Å²) in [6.45, 7) is 5.01. The maximum atomic E-state index is 14.2. The number of rotatable bonds is 14. The first kappa shape index (κ1) is 34.9. The lowest BCUT2D eigenvalue weighted by atomic mass is 9.89. The van der Waals surface area contributed by atoms with Crippen molar-refractivity contribution >= 4 is 22.0 Å². The molecule has 0 aromatic heterocycles. The molecule has 2 aromatic carbocycles. The smallest absolute Gasteiger partial charge is 0.407 e. The van der Waals surface area contributed by atoms with E-state index in [1.165, 1.54) is 25.1 Å². The van der Waals surface area contributed by atoms with Gasteiger partial charge >= 0.3 is 6.09 Å². The Hall–Kier alpha value is -3.47. The number of amides is 2. The maximum absolute atomic E-state index is 14.2. The number of ether oxygens (including phenoxy) is 5. The number of benzene rings is 2. The van der Waals surface area contributed by atoms with Gasteiger partial charge < -0.3 is 34.1 Å². The molecule has 5 atom stereocenters. The minimum atomic E-state index is -4.25. The molecule has 0 radical (unpaired) electrons. The number of nitrogens with zero attached hydrogens (tertiary/aromatic N) is 2. The number of carbonyl (C=O) groups excluding carboxylic acids is 2. The third-order valence-electron chi connectivity index (χ3n) is 8.65. The van der Waals surface area contributed by atoms with Gasteiger partial charge in [-0.05, 0) is 42.4 Å². The van der Waals surface area contributed by atoms with E-state index in [9.17, 15) is 28.3 Å². The van der Waals surface area contributed by atoms with E-state index >= 15 is 0 Å². The molecular weight excluding hydrogens is 634 g/mol. The number of hydrogen-bond acceptors (Lipinski definition) is 11. The molecule has 3 aliphatic rings. The summed E-state index contributed by atoms with van der Waals surface area (Å²) in [5.74, 6) is 0.0703. The van der Waals surface area contributed by atoms with E-state index in [0.717, 1.165) is 9.87 Å². The molecule has 3 aliphatic heterocycles. The second-order valence-corrected chi connectivity index (χ2v) is 14.8. The van der Waals surface area contributed by atoms with Crippen LogP contribution in [0.3, 0.4) is 0 Å². The zero-order valence-electron chi connectivity index (χ0n) is 26.7. The number of sulfonamides is 1. The summed E-state index contributed by atoms with van der Waals surface area (Å²) in [6, 6.07) is 12.5. The van der Waals surface area contributed by atoms with Gasteiger partial charge in [-0.2, -0.15) is 4.31 Å². The molecule has 3 heterocycles. The molecule has 0 saturated carbocycles. The van der Waals surface area contributed by atoms with Crippen LogP contribution < -0.4 is 14.8 Å². The van der Waals surface area contributed by atoms with Crippen LogP contribution in [0.4, 0.5) is 4.79 Å². The summed E-state index contributed by atoms with van der Waals surface area (Å²) in [4.78, 5) is 24.7. The third-order valence-corrected chi connectivity index (χ3v) is 10.5. The zero-order chi connectivity index (χ0) is 33.8. The highest BCUT2D eigenvalue weighted by Gasteiger charge is 2.44. The Kier molecular flexibility index (Phi) is 10.9. The summed E-state index contributed by atoms with van der Waals surface area (Å²) in [6.07, 6.45) is -1.93. The number of hydroxylamine groups is 2. The average molecular weight is 678 g/mol. The van der Waals surface area contributed by atoms with Gasteiger partial charge in [0.05, 0.1) is 36.2 Å². The third kappa shape index (κ3) is 8.72. The molecule has 2 saturated heterocycles. The van der Waals surface area contributed by atoms with Crippen molar-refractivity contribution < 1.29 is 52.0 Å². The van der Waals surface area contributed by atoms with Gasteiger partial charge in [0.15, 0.2) is 17.8 Å². The summed E-state index contributed by atoms with van der Waals surface area (Å²) < 4.78 is 57.1. The van der Waals surface area contributed by atoms with Crippen molar-refractivity contribution in [3.05, 3.63) is 54.1 Å². The average Bonchev–Trinajstić information content (AvgIpc) is 3.78. The molecule has 0 aliphatic carbocycles. The Balaban J connectivity index is 1.38. The zero-order valence-corrected chi connectivity index (χ0v) is 27.6. The molecule has 14 nitrogen and oxygen atoms in total. The van der Waals surface area contributed by atoms with Crippen molar-refractivity contribution in [2.45, 2.75) is 69.5 Å². The fourth-order valence-corrected chi connectivity index (χ4v) is 7.58. The Morgan fingerprint density at radius 3 is 2.60 bits per heavy atom. The Labute approximate surface area is 274 Å². The monoisotopic (exact) mass is 677 g/mol. The Morgan fingerprint density at radius 1 is 1.11 bits per heavy atom. The minimum Gasteiger partial charge on any atom is -0.454 e. The van der Waals surface area contributed by atoms with Gasteiger partial charge in [0.25, 0.3) is 0 Å². The van der Waals surface area contributed by atoms with Crippen molar-refractivity contribution in [2.75, 3.05) is 39.6 Å². The highest BCUT2D eigenvalue weighted by molar-refractivity contribution is 7.89. The SMILES string of the molecule is CC(=O)N(O)CCC(C)(C)CN(C[C@@H](O)[C@H](Cc1ccccc1)NC(=O)O[C@H]1COC2OCCC21)S(=O)(=O)c1ccc2c(c1)OCO2. The van der Waals surface area contributed by atoms with Crippen LogP contribution in [0.5, 0.6) is 11.5 Å². The van der Waals surface area contributed by atoms with Crippen LogP contribution in [-0.4, -0.2) is 104 Å². The first-order valence-corrected chi connectivity index (χ1v) is 17.1. The molecule has 5 rings (SSSR count). The molecule has 0 bridgehead atoms. The molecule has 0 spiro atoms. The number of carbonyl (C=O) groups is 2. The fraction of sp³-hybridized carbons (Fsp3) is 0.562. The predicted octanol–water partition coefficient (Wildman–Crippen LogP) is 2.52. The maximum Gasteiger partial charge on any atom is 0.407 e. The molecule has 15 heteroatoms. The van der Waals surface area contributed by atoms with E-state index in [4.69, 9.17) is 23.7 Å². The fourth-order valence-electron chi connectivity index (χ4n) is 5.91. The van der Waals surface area contributed by atoms with Gasteiger partial charge in [-0.15, -0.1) is 0 Å². The number of aliphatic hydroxyl groups excluding tert-OH is 1. The van der Waals surface area contributed by atoms with E-state index in [1.807, 2.05) is 30.3 Å². The van der Waals surface area contributed by atoms with E-state index in [1.54, 1.807) is 13.8 Å². The lowest BCUT2D eigenvalue weighted by Crippen LogP contribution is -2.52. The van der Waals surface area contributed by atoms with E-state index in [-0.39, 0.29) is 55.9 Å². The summed E-state index contributed by atoms with van der Waals surface area (Å²) in [7, 11) is -4.25. The van der Waals surface area contributed by atoms with Crippen molar-refractivity contribution in [2.24, 2.45) is 11.3 Å². The minimum absolute atomic E-state index is 0.0232. The molecule has 2 unspecified atom stereocenters. The second kappa shape index (κ2) is 14.7. The number of hydrogen-bond donors (Lipinski definition) is 3. The van der Waals surface area contributed by atoms with Gasteiger partial charge in [0, 0.05) is 32.6 Å². The van der Waals surface area contributed by atoms with Crippen molar-refractivity contribution in [1.29, 1.82) is 0 Å². The van der Waals surface area contributed by atoms with Crippen molar-refractivity contribution in [1.82, 2.24) is 14.7 Å². The van der Waals surface area contributed by atoms with Crippen LogP contribution in [0.15, 0.2) is 53.4 Å². The summed E-state index contributed by atoms with van der Waals surface area (Å²) in [5, 5.41) is 25.0. The summed E-state index contributed by atoms with van der Waals surface area (Å²) in [5.41, 5.74) is 0.0477. The molecule has 2 aromatic rings. The standard InChI is InChI=1S/C32H43N3O11S/c1-21(36)35(39)13-12-32(2,3)19-34(47(40,41)23-9-10-27-28(16-23)45-20-44-27)17-26(37)25(15-22-7-5-4-6-8-22)33-31(38)46-29-18-43-30-24(29)11-14-42-30/h4-10,16,24-26,29-30,37,39H,11-15,17-20H2,1-3H3,(H,33,38)/t24?,25-,26+,29-,30?/m0/s1. The lowest BCUT2D eigenvalue weighted by Gasteiger charge is -2.35. The molecule has 47 heavy (non-hydrogen) atoms. The predicted molar refractivity (Wildman–Crippen MR) is 166 cm³/mol. The largest absolute Gasteiger partial charge is 0.454 e. The van der Waals surface area contributed by atoms with Gasteiger partial charge in [-0.25, -0.2) is 18.3 Å². The normalized spacial score (nSPS) is 21.7. The Bertz CT molecular complexity index is 1510. The Morgan fingerprint density at radius 2 is 1.85 bits per heavy atom. The van der Waals surface area contributed by atoms with Crippen molar-refractivity contribution in [3.8, 4) is 11.5 Å². The lowest BCUT2D eigenvalue weighted by molar-refractivity contribution is -0.163. The van der Waals surface area contributed by atoms with E-state index < -0.39 is 58.5 Å². The highest BCUT2D eigenvalue weighted by Crippen LogP contribution is 2.36. The highest BCUT2D eigenvalue weighted by atomic mass is 32.2. The first-order chi connectivity index (χ1) is 22.3. The van der Waals surface area contributed by atoms with Gasteiger partial charge in [0.2, 0.25) is 22.7 Å². The van der Waals surface area contributed by atoms with E-state index in [2.05, 4.69) is 5.32 Å². The molecule has 3 N–H and O–H groups in total. The van der Waals surface area contributed by atoms with Crippen molar-refractivity contribution in [3.63, 3.8) is 0 Å². The molecular formula is C32H43N3O11S. The van der Waals surface area contributed by atoms with Crippen LogP contribution >= 0.6 is 0 Å². The quantitative estimate of drug-likeness (QED) is 0.198. The number of alkyl carbamates (subject to hydrolysis) is 1. The number of aliphatic hydroxyl groups is 1. The van der Waals surface area contributed by atoms with Crippen LogP contribution in [0.2, 0.25) is 0 Å². The molecule has 258 valence electrons. The van der Waals surface area contributed by atoms with Crippen LogP contribution in [-0.2, 0) is 35.4 Å². The second-order valence-electron chi connectivity index (χ2n) is 12.8. The number of fused-ring (bicyclic) bond motifs is 2. The van der Waals surface area contributed by atoms with Gasteiger partial charge in [-0.3, -0.25) is 10.0 Å². The van der Waals surface area contributed by atoms with Crippen LogP contribution in [0, 0.1) is 11.3 Å². The number of nitrogens with one attached hydrogen (secondary N) is 1. The van der Waals surface area contributed by atoms with E-state index in [0.29, 0.717) is 23.8 Å². The summed E-state index contributed by atoms with van der Waals surface area (Å²) >= 11 is 0.